The van der Waals surface area contributed by atoms with Crippen LogP contribution in [-0.2, 0) is 20.7 Å². The van der Waals surface area contributed by atoms with Gasteiger partial charge in [0, 0.05) is 13.6 Å². The molecule has 1 amide bonds. The number of hydrogen-bond acceptors (Lipinski definition) is 6. The van der Waals surface area contributed by atoms with Crippen LogP contribution in [0.15, 0.2) is 28.6 Å². The van der Waals surface area contributed by atoms with Crippen LogP contribution in [0.25, 0.3) is 0 Å². The maximum absolute atomic E-state index is 13.1. The molecule has 1 N–H and O–H groups in total. The van der Waals surface area contributed by atoms with Crippen LogP contribution in [-0.4, -0.2) is 51.1 Å². The molecule has 1 saturated carbocycles. The van der Waals surface area contributed by atoms with Crippen molar-refractivity contribution < 1.29 is 17.9 Å². The van der Waals surface area contributed by atoms with Crippen molar-refractivity contribution in [2.24, 2.45) is 4.36 Å². The Bertz CT molecular complexity index is 768. The van der Waals surface area contributed by atoms with E-state index in [-0.39, 0.29) is 5.91 Å². The zero-order valence-electron chi connectivity index (χ0n) is 13.6. The first-order valence-electron chi connectivity index (χ1n) is 7.39. The number of ether oxygens (including phenoxy) is 1. The number of methoxy groups -OCH3 is 1. The third-order valence-corrected chi connectivity index (χ3v) is 5.00. The lowest BCUT2D eigenvalue weighted by Gasteiger charge is -2.27. The first kappa shape index (κ1) is 18.3. The highest BCUT2D eigenvalue weighted by molar-refractivity contribution is 7.80. The predicted octanol–water partition coefficient (Wildman–Crippen LogP) is 1.12. The summed E-state index contributed by atoms with van der Waals surface area (Å²) in [6.07, 6.45) is 0.328. The Morgan fingerprint density at radius 2 is 2.08 bits per heavy atom. The number of amides is 1. The first-order valence-corrected chi connectivity index (χ1v) is 8.83. The molecule has 24 heavy (non-hydrogen) atoms. The van der Waals surface area contributed by atoms with Crippen molar-refractivity contribution >= 4 is 33.7 Å². The van der Waals surface area contributed by atoms with Gasteiger partial charge in [0.05, 0.1) is 13.2 Å². The lowest BCUT2D eigenvalue weighted by Crippen LogP contribution is -2.47. The summed E-state index contributed by atoms with van der Waals surface area (Å²) in [6, 6.07) is 6.37. The molecule has 1 aliphatic carbocycles. The van der Waals surface area contributed by atoms with Crippen LogP contribution in [0, 0.1) is 0 Å². The lowest BCUT2D eigenvalue weighted by atomic mass is 9.93. The van der Waals surface area contributed by atoms with Gasteiger partial charge < -0.3 is 10.1 Å². The van der Waals surface area contributed by atoms with Gasteiger partial charge in [-0.2, -0.15) is 12.8 Å². The highest BCUT2D eigenvalue weighted by Crippen LogP contribution is 2.52. The maximum Gasteiger partial charge on any atom is 0.311 e. The standard InChI is InChI=1S/C15H19N3O4S2/c1-4-18(14(23)16-2)13(19)15(9-12(15)17-24(20)21)10-5-7-11(22-3)8-6-10/h5-8,12H,4,9H2,1-3H3,(H,16,23). The molecule has 0 aliphatic heterocycles. The smallest absolute Gasteiger partial charge is 0.311 e. The fourth-order valence-corrected chi connectivity index (χ4v) is 3.46. The van der Waals surface area contributed by atoms with Gasteiger partial charge in [-0.1, -0.05) is 12.1 Å². The number of nitrogens with zero attached hydrogens (tertiary/aromatic N) is 2. The molecule has 1 aromatic carbocycles. The molecule has 0 spiro atoms. The summed E-state index contributed by atoms with van der Waals surface area (Å²) in [7, 11) is 0.618. The van der Waals surface area contributed by atoms with Crippen molar-refractivity contribution in [3.63, 3.8) is 0 Å². The fourth-order valence-electron chi connectivity index (χ4n) is 2.78. The van der Waals surface area contributed by atoms with Crippen molar-refractivity contribution in [2.75, 3.05) is 20.7 Å². The predicted molar refractivity (Wildman–Crippen MR) is 93.5 cm³/mol. The van der Waals surface area contributed by atoms with E-state index in [2.05, 4.69) is 9.68 Å². The van der Waals surface area contributed by atoms with Gasteiger partial charge in [0.15, 0.2) is 5.11 Å². The molecular formula is C15H19N3O4S2. The van der Waals surface area contributed by atoms with Gasteiger partial charge in [-0.3, -0.25) is 9.69 Å². The van der Waals surface area contributed by atoms with Gasteiger partial charge in [-0.15, -0.1) is 0 Å². The number of carbonyl (C=O) groups excluding carboxylic acids is 1. The van der Waals surface area contributed by atoms with Crippen LogP contribution in [0.5, 0.6) is 5.75 Å². The van der Waals surface area contributed by atoms with Gasteiger partial charge in [-0.25, -0.2) is 0 Å². The lowest BCUT2D eigenvalue weighted by molar-refractivity contribution is -0.130. The average molecular weight is 369 g/mol. The molecule has 0 bridgehead atoms. The minimum absolute atomic E-state index is 0.256. The highest BCUT2D eigenvalue weighted by Gasteiger charge is 2.63. The van der Waals surface area contributed by atoms with Crippen molar-refractivity contribution in [2.45, 2.75) is 24.8 Å². The van der Waals surface area contributed by atoms with Crippen LogP contribution in [0.1, 0.15) is 18.9 Å². The van der Waals surface area contributed by atoms with E-state index in [0.29, 0.717) is 29.4 Å². The fraction of sp³-hybridized carbons (Fsp3) is 0.467. The molecule has 0 radical (unpaired) electrons. The van der Waals surface area contributed by atoms with Crippen LogP contribution in [0.3, 0.4) is 0 Å². The topological polar surface area (TPSA) is 88.1 Å². The largest absolute Gasteiger partial charge is 0.497 e. The number of nitrogens with one attached hydrogen (secondary N) is 1. The van der Waals surface area contributed by atoms with Crippen molar-refractivity contribution in [3.8, 4) is 5.75 Å². The van der Waals surface area contributed by atoms with Gasteiger partial charge in [0.2, 0.25) is 5.91 Å². The number of likely N-dealkylation sites (N-methyl/N-ethyl adjacent to an activating group) is 1. The Balaban J connectivity index is 2.47. The second-order valence-corrected chi connectivity index (χ2v) is 6.38. The van der Waals surface area contributed by atoms with Crippen molar-refractivity contribution in [1.82, 2.24) is 10.2 Å². The minimum atomic E-state index is -2.57. The Labute approximate surface area is 147 Å². The van der Waals surface area contributed by atoms with E-state index in [9.17, 15) is 13.2 Å². The minimum Gasteiger partial charge on any atom is -0.497 e. The Morgan fingerprint density at radius 3 is 2.54 bits per heavy atom. The molecule has 9 heteroatoms. The van der Waals surface area contributed by atoms with Gasteiger partial charge in [-0.05, 0) is 43.3 Å². The molecular weight excluding hydrogens is 350 g/mol. The van der Waals surface area contributed by atoms with Crippen LogP contribution < -0.4 is 10.1 Å². The molecule has 2 atom stereocenters. The summed E-state index contributed by atoms with van der Waals surface area (Å²) in [4.78, 5) is 14.5. The van der Waals surface area contributed by atoms with E-state index in [1.54, 1.807) is 38.4 Å². The molecule has 1 fully saturated rings. The second-order valence-electron chi connectivity index (χ2n) is 5.35. The summed E-state index contributed by atoms with van der Waals surface area (Å²) in [5.41, 5.74) is -0.312. The Morgan fingerprint density at radius 1 is 1.46 bits per heavy atom. The molecule has 2 rings (SSSR count). The van der Waals surface area contributed by atoms with E-state index in [1.165, 1.54) is 4.90 Å². The quantitative estimate of drug-likeness (QED) is 0.783. The summed E-state index contributed by atoms with van der Waals surface area (Å²) in [6.45, 7) is 2.19. The van der Waals surface area contributed by atoms with Gasteiger partial charge in [0.25, 0.3) is 0 Å². The number of benzene rings is 1. The normalized spacial score (nSPS) is 21.5. The Kier molecular flexibility index (Phi) is 5.55. The molecule has 0 aromatic heterocycles. The number of carbonyl (C=O) groups is 1. The van der Waals surface area contributed by atoms with Crippen LogP contribution in [0.2, 0.25) is 0 Å². The highest BCUT2D eigenvalue weighted by atomic mass is 32.2. The van der Waals surface area contributed by atoms with E-state index >= 15 is 0 Å². The van der Waals surface area contributed by atoms with E-state index in [0.717, 1.165) is 0 Å². The van der Waals surface area contributed by atoms with E-state index < -0.39 is 22.0 Å². The van der Waals surface area contributed by atoms with Crippen molar-refractivity contribution in [3.05, 3.63) is 29.8 Å². The molecule has 130 valence electrons. The first-order chi connectivity index (χ1) is 11.4. The molecule has 2 unspecified atom stereocenters. The monoisotopic (exact) mass is 369 g/mol. The molecule has 1 aromatic rings. The van der Waals surface area contributed by atoms with Gasteiger partial charge >= 0.3 is 10.5 Å². The summed E-state index contributed by atoms with van der Waals surface area (Å²) >= 11 is 5.19. The van der Waals surface area contributed by atoms with Crippen LogP contribution in [0.4, 0.5) is 0 Å². The third-order valence-electron chi connectivity index (χ3n) is 4.14. The summed E-state index contributed by atoms with van der Waals surface area (Å²) in [5.74, 6) is 0.398. The molecule has 0 heterocycles. The zero-order chi connectivity index (χ0) is 17.9. The van der Waals surface area contributed by atoms with E-state index in [1.807, 2.05) is 6.92 Å². The molecule has 0 saturated heterocycles. The molecule has 7 nitrogen and oxygen atoms in total. The number of rotatable bonds is 5. The number of thiocarbonyl (C=S) groups is 1. The van der Waals surface area contributed by atoms with Gasteiger partial charge in [0.1, 0.15) is 11.2 Å². The summed E-state index contributed by atoms with van der Waals surface area (Å²) < 4.78 is 30.7. The van der Waals surface area contributed by atoms with E-state index in [4.69, 9.17) is 17.0 Å². The third kappa shape index (κ3) is 3.27. The van der Waals surface area contributed by atoms with Crippen molar-refractivity contribution in [1.29, 1.82) is 0 Å². The zero-order valence-corrected chi connectivity index (χ0v) is 15.3. The second kappa shape index (κ2) is 7.27. The Hall–Kier alpha value is -2.00. The maximum atomic E-state index is 13.1. The average Bonchev–Trinajstić information content (AvgIpc) is 3.29. The summed E-state index contributed by atoms with van der Waals surface area (Å²) in [5, 5.41) is 3.08. The number of hydrogen-bond donors (Lipinski definition) is 1. The SMILES string of the molecule is CCN(C(=O)C1(c2ccc(OC)cc2)CC1N=S(=O)=O)C(=S)NC. The molecule has 1 aliphatic rings. The van der Waals surface area contributed by atoms with Crippen LogP contribution >= 0.6 is 12.2 Å².